The molecule has 0 bridgehead atoms. The Morgan fingerprint density at radius 2 is 2.20 bits per heavy atom. The van der Waals surface area contributed by atoms with Crippen LogP contribution in [0.5, 0.6) is 0 Å². The van der Waals surface area contributed by atoms with Crippen LogP contribution in [0, 0.1) is 6.92 Å². The van der Waals surface area contributed by atoms with Crippen molar-refractivity contribution < 1.29 is 4.79 Å². The fourth-order valence-electron chi connectivity index (χ4n) is 2.05. The van der Waals surface area contributed by atoms with Crippen molar-refractivity contribution in [1.82, 2.24) is 14.6 Å². The number of carbonyl (C=O) groups is 1. The van der Waals surface area contributed by atoms with Gasteiger partial charge in [0.25, 0.3) is 5.91 Å². The van der Waals surface area contributed by atoms with E-state index in [1.54, 1.807) is 29.2 Å². The monoisotopic (exact) mass is 267 g/mol. The Morgan fingerprint density at radius 3 is 3.00 bits per heavy atom. The van der Waals surface area contributed by atoms with Crippen LogP contribution in [-0.4, -0.2) is 20.5 Å². The fourth-order valence-corrected chi connectivity index (χ4v) is 2.05. The minimum atomic E-state index is -0.256. The van der Waals surface area contributed by atoms with E-state index in [4.69, 9.17) is 5.73 Å². The lowest BCUT2D eigenvalue weighted by atomic mass is 10.1. The molecule has 1 amide bonds. The third-order valence-electron chi connectivity index (χ3n) is 3.11. The number of nitrogens with zero attached hydrogens (tertiary/aromatic N) is 3. The number of nitrogens with two attached hydrogens (primary N) is 1. The third kappa shape index (κ3) is 1.97. The molecule has 1 aromatic carbocycles. The Morgan fingerprint density at radius 1 is 1.35 bits per heavy atom. The normalized spacial score (nSPS) is 10.7. The molecule has 0 aliphatic carbocycles. The Bertz CT molecular complexity index is 773. The smallest absolute Gasteiger partial charge is 0.259 e. The van der Waals surface area contributed by atoms with Crippen LogP contribution in [0.3, 0.4) is 0 Å². The van der Waals surface area contributed by atoms with Crippen molar-refractivity contribution in [2.45, 2.75) is 6.92 Å². The van der Waals surface area contributed by atoms with E-state index in [1.165, 1.54) is 6.20 Å². The molecule has 6 nitrogen and oxygen atoms in total. The summed E-state index contributed by atoms with van der Waals surface area (Å²) in [6.07, 6.45) is 6.42. The highest BCUT2D eigenvalue weighted by atomic mass is 16.1. The van der Waals surface area contributed by atoms with E-state index in [0.717, 1.165) is 5.56 Å². The van der Waals surface area contributed by atoms with Crippen molar-refractivity contribution in [2.75, 3.05) is 11.1 Å². The maximum atomic E-state index is 12.3. The summed E-state index contributed by atoms with van der Waals surface area (Å²) < 4.78 is 1.60. The lowest BCUT2D eigenvalue weighted by molar-refractivity contribution is 0.102. The van der Waals surface area contributed by atoms with Gasteiger partial charge in [-0.05, 0) is 18.6 Å². The Balaban J connectivity index is 1.98. The number of nitrogen functional groups attached to an aromatic ring is 1. The number of rotatable bonds is 2. The number of hydrogen-bond acceptors (Lipinski definition) is 4. The van der Waals surface area contributed by atoms with E-state index in [-0.39, 0.29) is 5.91 Å². The molecule has 0 spiro atoms. The van der Waals surface area contributed by atoms with Crippen LogP contribution < -0.4 is 11.1 Å². The molecule has 0 saturated heterocycles. The van der Waals surface area contributed by atoms with Crippen LogP contribution in [0.2, 0.25) is 0 Å². The van der Waals surface area contributed by atoms with Gasteiger partial charge in [0.1, 0.15) is 0 Å². The van der Waals surface area contributed by atoms with E-state index < -0.39 is 0 Å². The molecular weight excluding hydrogens is 254 g/mol. The van der Waals surface area contributed by atoms with Crippen LogP contribution in [0.25, 0.3) is 5.52 Å². The van der Waals surface area contributed by atoms with Crippen molar-refractivity contribution in [3.8, 4) is 0 Å². The second-order valence-electron chi connectivity index (χ2n) is 4.46. The van der Waals surface area contributed by atoms with Crippen molar-refractivity contribution in [3.05, 3.63) is 54.1 Å². The van der Waals surface area contributed by atoms with Gasteiger partial charge in [0.05, 0.1) is 34.8 Å². The van der Waals surface area contributed by atoms with Gasteiger partial charge in [-0.3, -0.25) is 9.78 Å². The summed E-state index contributed by atoms with van der Waals surface area (Å²) in [5.41, 5.74) is 9.07. The minimum absolute atomic E-state index is 0.256. The topological polar surface area (TPSA) is 85.3 Å². The van der Waals surface area contributed by atoms with E-state index in [9.17, 15) is 4.79 Å². The van der Waals surface area contributed by atoms with Crippen LogP contribution in [0.4, 0.5) is 11.4 Å². The predicted octanol–water partition coefficient (Wildman–Crippen LogP) is 1.87. The molecule has 2 aromatic heterocycles. The molecule has 100 valence electrons. The molecule has 0 aliphatic rings. The SMILES string of the molecule is Cc1cccc(N)c1NC(=O)c1cnn2ccncc12. The Hall–Kier alpha value is -2.89. The second kappa shape index (κ2) is 4.65. The molecule has 20 heavy (non-hydrogen) atoms. The molecule has 6 heteroatoms. The van der Waals surface area contributed by atoms with Crippen molar-refractivity contribution in [2.24, 2.45) is 0 Å². The molecule has 2 heterocycles. The molecule has 3 N–H and O–H groups in total. The number of aryl methyl sites for hydroxylation is 1. The number of carbonyl (C=O) groups excluding carboxylic acids is 1. The molecule has 0 fully saturated rings. The Labute approximate surface area is 115 Å². The van der Waals surface area contributed by atoms with Gasteiger partial charge in [-0.25, -0.2) is 4.52 Å². The van der Waals surface area contributed by atoms with E-state index in [0.29, 0.717) is 22.5 Å². The summed E-state index contributed by atoms with van der Waals surface area (Å²) in [7, 11) is 0. The highest BCUT2D eigenvalue weighted by Crippen LogP contribution is 2.23. The molecule has 0 aliphatic heterocycles. The highest BCUT2D eigenvalue weighted by molar-refractivity contribution is 6.10. The molecule has 0 saturated carbocycles. The first kappa shape index (κ1) is 12.2. The zero-order valence-corrected chi connectivity index (χ0v) is 10.9. The third-order valence-corrected chi connectivity index (χ3v) is 3.11. The van der Waals surface area contributed by atoms with E-state index in [2.05, 4.69) is 15.4 Å². The standard InChI is InChI=1S/C14H13N5O/c1-9-3-2-4-11(15)13(9)18-14(20)10-7-17-19-6-5-16-8-12(10)19/h2-8H,15H2,1H3,(H,18,20). The van der Waals surface area contributed by atoms with Crippen LogP contribution in [0.15, 0.2) is 43.0 Å². The quantitative estimate of drug-likeness (QED) is 0.694. The van der Waals surface area contributed by atoms with Gasteiger partial charge in [-0.1, -0.05) is 12.1 Å². The number of para-hydroxylation sites is 1. The average Bonchev–Trinajstić information content (AvgIpc) is 2.87. The first-order chi connectivity index (χ1) is 9.66. The molecular formula is C14H13N5O. The summed E-state index contributed by atoms with van der Waals surface area (Å²) in [4.78, 5) is 16.4. The maximum absolute atomic E-state index is 12.3. The Kier molecular flexibility index (Phi) is 2.83. The maximum Gasteiger partial charge on any atom is 0.259 e. The summed E-state index contributed by atoms with van der Waals surface area (Å²) in [5.74, 6) is -0.256. The van der Waals surface area contributed by atoms with Crippen LogP contribution in [0.1, 0.15) is 15.9 Å². The number of aromatic nitrogens is 3. The minimum Gasteiger partial charge on any atom is -0.397 e. The fraction of sp³-hybridized carbons (Fsp3) is 0.0714. The largest absolute Gasteiger partial charge is 0.397 e. The van der Waals surface area contributed by atoms with Gasteiger partial charge in [0.2, 0.25) is 0 Å². The van der Waals surface area contributed by atoms with E-state index in [1.807, 2.05) is 19.1 Å². The van der Waals surface area contributed by atoms with Gasteiger partial charge < -0.3 is 11.1 Å². The number of benzene rings is 1. The zero-order valence-electron chi connectivity index (χ0n) is 10.9. The van der Waals surface area contributed by atoms with Gasteiger partial charge >= 0.3 is 0 Å². The van der Waals surface area contributed by atoms with E-state index >= 15 is 0 Å². The van der Waals surface area contributed by atoms with Crippen molar-refractivity contribution >= 4 is 22.8 Å². The summed E-state index contributed by atoms with van der Waals surface area (Å²) in [6, 6.07) is 5.49. The van der Waals surface area contributed by atoms with Gasteiger partial charge in [0, 0.05) is 12.4 Å². The number of amides is 1. The predicted molar refractivity (Wildman–Crippen MR) is 76.5 cm³/mol. The highest BCUT2D eigenvalue weighted by Gasteiger charge is 2.14. The number of anilines is 2. The van der Waals surface area contributed by atoms with Crippen molar-refractivity contribution in [3.63, 3.8) is 0 Å². The zero-order chi connectivity index (χ0) is 14.1. The first-order valence-corrected chi connectivity index (χ1v) is 6.10. The number of hydrogen-bond donors (Lipinski definition) is 2. The van der Waals surface area contributed by atoms with Gasteiger partial charge in [0.15, 0.2) is 0 Å². The number of nitrogens with one attached hydrogen (secondary N) is 1. The summed E-state index contributed by atoms with van der Waals surface area (Å²) >= 11 is 0. The molecule has 3 rings (SSSR count). The average molecular weight is 267 g/mol. The van der Waals surface area contributed by atoms with Crippen LogP contribution in [-0.2, 0) is 0 Å². The first-order valence-electron chi connectivity index (χ1n) is 6.10. The molecule has 0 atom stereocenters. The lowest BCUT2D eigenvalue weighted by Gasteiger charge is -2.10. The molecule has 0 unspecified atom stereocenters. The second-order valence-corrected chi connectivity index (χ2v) is 4.46. The van der Waals surface area contributed by atoms with Crippen LogP contribution >= 0.6 is 0 Å². The molecule has 3 aromatic rings. The lowest BCUT2D eigenvalue weighted by Crippen LogP contribution is -2.14. The molecule has 0 radical (unpaired) electrons. The van der Waals surface area contributed by atoms with Gasteiger partial charge in [-0.15, -0.1) is 0 Å². The van der Waals surface area contributed by atoms with Gasteiger partial charge in [-0.2, -0.15) is 5.10 Å². The summed E-state index contributed by atoms with van der Waals surface area (Å²) in [6.45, 7) is 1.89. The summed E-state index contributed by atoms with van der Waals surface area (Å²) in [5, 5.41) is 6.94. The van der Waals surface area contributed by atoms with Crippen molar-refractivity contribution in [1.29, 1.82) is 0 Å². The number of fused-ring (bicyclic) bond motifs is 1.